The Hall–Kier alpha value is -0.610. The molecular weight excluding hydrogens is 275 g/mol. The second kappa shape index (κ2) is 5.64. The summed E-state index contributed by atoms with van der Waals surface area (Å²) in [4.78, 5) is 0. The van der Waals surface area contributed by atoms with Crippen LogP contribution in [0.5, 0.6) is 5.75 Å². The number of alkyl halides is 1. The van der Waals surface area contributed by atoms with Gasteiger partial charge >= 0.3 is 0 Å². The van der Waals surface area contributed by atoms with Crippen LogP contribution in [0.3, 0.4) is 0 Å². The molecule has 0 N–H and O–H groups in total. The quantitative estimate of drug-likeness (QED) is 0.795. The fourth-order valence-electron chi connectivity index (χ4n) is 1.75. The van der Waals surface area contributed by atoms with E-state index in [1.165, 1.54) is 6.07 Å². The SMILES string of the molecule is Fc1cccc(CBr)c1OC1CCOCC1. The first-order chi connectivity index (χ1) is 7.81. The monoisotopic (exact) mass is 288 g/mol. The zero-order valence-electron chi connectivity index (χ0n) is 8.92. The lowest BCUT2D eigenvalue weighted by Crippen LogP contribution is -2.26. The minimum atomic E-state index is -0.288. The topological polar surface area (TPSA) is 18.5 Å². The minimum Gasteiger partial charge on any atom is -0.487 e. The fourth-order valence-corrected chi connectivity index (χ4v) is 2.19. The Morgan fingerprint density at radius 3 is 2.81 bits per heavy atom. The van der Waals surface area contributed by atoms with Crippen LogP contribution in [-0.2, 0) is 10.1 Å². The number of hydrogen-bond donors (Lipinski definition) is 0. The molecule has 16 heavy (non-hydrogen) atoms. The van der Waals surface area contributed by atoms with E-state index in [4.69, 9.17) is 9.47 Å². The lowest BCUT2D eigenvalue weighted by Gasteiger charge is -2.24. The summed E-state index contributed by atoms with van der Waals surface area (Å²) in [6, 6.07) is 5.00. The van der Waals surface area contributed by atoms with E-state index in [2.05, 4.69) is 15.9 Å². The smallest absolute Gasteiger partial charge is 0.165 e. The van der Waals surface area contributed by atoms with Crippen molar-refractivity contribution >= 4 is 15.9 Å². The first kappa shape index (κ1) is 11.9. The highest BCUT2D eigenvalue weighted by atomic mass is 79.9. The third-order valence-electron chi connectivity index (χ3n) is 2.65. The average molecular weight is 289 g/mol. The van der Waals surface area contributed by atoms with Crippen molar-refractivity contribution in [3.63, 3.8) is 0 Å². The molecule has 0 bridgehead atoms. The second-order valence-corrected chi connectivity index (χ2v) is 4.35. The Morgan fingerprint density at radius 2 is 2.12 bits per heavy atom. The maximum Gasteiger partial charge on any atom is 0.165 e. The number of benzene rings is 1. The maximum absolute atomic E-state index is 13.6. The molecule has 1 aromatic carbocycles. The molecule has 1 heterocycles. The first-order valence-electron chi connectivity index (χ1n) is 5.39. The van der Waals surface area contributed by atoms with Crippen molar-refractivity contribution in [2.24, 2.45) is 0 Å². The minimum absolute atomic E-state index is 0.0726. The molecule has 2 rings (SSSR count). The summed E-state index contributed by atoms with van der Waals surface area (Å²) < 4.78 is 24.6. The van der Waals surface area contributed by atoms with Gasteiger partial charge in [-0.15, -0.1) is 0 Å². The molecule has 88 valence electrons. The summed E-state index contributed by atoms with van der Waals surface area (Å²) in [6.07, 6.45) is 1.73. The number of hydrogen-bond acceptors (Lipinski definition) is 2. The largest absolute Gasteiger partial charge is 0.487 e. The van der Waals surface area contributed by atoms with Crippen LogP contribution in [0.4, 0.5) is 4.39 Å². The predicted octanol–water partition coefficient (Wildman–Crippen LogP) is 3.28. The lowest BCUT2D eigenvalue weighted by atomic mass is 10.1. The molecule has 4 heteroatoms. The van der Waals surface area contributed by atoms with E-state index >= 15 is 0 Å². The van der Waals surface area contributed by atoms with E-state index in [9.17, 15) is 4.39 Å². The van der Waals surface area contributed by atoms with Crippen LogP contribution in [-0.4, -0.2) is 19.3 Å². The van der Waals surface area contributed by atoms with Gasteiger partial charge < -0.3 is 9.47 Å². The highest BCUT2D eigenvalue weighted by Gasteiger charge is 2.18. The van der Waals surface area contributed by atoms with Crippen LogP contribution in [0.2, 0.25) is 0 Å². The van der Waals surface area contributed by atoms with Crippen LogP contribution < -0.4 is 4.74 Å². The molecule has 1 fully saturated rings. The van der Waals surface area contributed by atoms with Gasteiger partial charge in [-0.25, -0.2) is 4.39 Å². The third-order valence-corrected chi connectivity index (χ3v) is 3.25. The summed E-state index contributed by atoms with van der Waals surface area (Å²) in [5.41, 5.74) is 0.853. The number of rotatable bonds is 3. The molecule has 0 amide bonds. The molecule has 1 aromatic rings. The Bertz CT molecular complexity index is 351. The fraction of sp³-hybridized carbons (Fsp3) is 0.500. The molecule has 0 saturated carbocycles. The van der Waals surface area contributed by atoms with Gasteiger partial charge in [-0.2, -0.15) is 0 Å². The van der Waals surface area contributed by atoms with Gasteiger partial charge in [0, 0.05) is 23.7 Å². The average Bonchev–Trinajstić information content (AvgIpc) is 2.33. The van der Waals surface area contributed by atoms with E-state index in [1.807, 2.05) is 6.07 Å². The Balaban J connectivity index is 2.12. The van der Waals surface area contributed by atoms with Gasteiger partial charge in [0.1, 0.15) is 6.10 Å². The molecular formula is C12H14BrFO2. The zero-order valence-corrected chi connectivity index (χ0v) is 10.5. The van der Waals surface area contributed by atoms with Crippen LogP contribution in [0.15, 0.2) is 18.2 Å². The molecule has 0 radical (unpaired) electrons. The van der Waals surface area contributed by atoms with Crippen molar-refractivity contribution < 1.29 is 13.9 Å². The van der Waals surface area contributed by atoms with Gasteiger partial charge in [-0.1, -0.05) is 28.1 Å². The zero-order chi connectivity index (χ0) is 11.4. The molecule has 0 atom stereocenters. The molecule has 2 nitrogen and oxygen atoms in total. The lowest BCUT2D eigenvalue weighted by molar-refractivity contribution is 0.0237. The molecule has 1 aliphatic heterocycles. The van der Waals surface area contributed by atoms with Gasteiger partial charge in [0.25, 0.3) is 0 Å². The van der Waals surface area contributed by atoms with E-state index in [0.29, 0.717) is 24.3 Å². The van der Waals surface area contributed by atoms with E-state index < -0.39 is 0 Å². The molecule has 0 aliphatic carbocycles. The van der Waals surface area contributed by atoms with E-state index in [0.717, 1.165) is 18.4 Å². The third kappa shape index (κ3) is 2.74. The molecule has 1 aliphatic rings. The Morgan fingerprint density at radius 1 is 1.38 bits per heavy atom. The molecule has 0 aromatic heterocycles. The van der Waals surface area contributed by atoms with Gasteiger partial charge in [0.15, 0.2) is 11.6 Å². The van der Waals surface area contributed by atoms with Crippen molar-refractivity contribution in [2.75, 3.05) is 13.2 Å². The number of para-hydroxylation sites is 1. The Kier molecular flexibility index (Phi) is 4.18. The van der Waals surface area contributed by atoms with Gasteiger partial charge in [-0.3, -0.25) is 0 Å². The summed E-state index contributed by atoms with van der Waals surface area (Å²) in [5, 5.41) is 0.601. The first-order valence-corrected chi connectivity index (χ1v) is 6.51. The summed E-state index contributed by atoms with van der Waals surface area (Å²) in [5.74, 6) is 0.0923. The highest BCUT2D eigenvalue weighted by Crippen LogP contribution is 2.27. The molecule has 0 unspecified atom stereocenters. The van der Waals surface area contributed by atoms with Crippen molar-refractivity contribution in [3.05, 3.63) is 29.6 Å². The number of halogens is 2. The second-order valence-electron chi connectivity index (χ2n) is 3.79. The summed E-state index contributed by atoms with van der Waals surface area (Å²) in [7, 11) is 0. The maximum atomic E-state index is 13.6. The standard InChI is InChI=1S/C12H14BrFO2/c13-8-9-2-1-3-11(14)12(9)16-10-4-6-15-7-5-10/h1-3,10H,4-8H2. The van der Waals surface area contributed by atoms with Crippen LogP contribution >= 0.6 is 15.9 Å². The van der Waals surface area contributed by atoms with Gasteiger partial charge in [0.2, 0.25) is 0 Å². The van der Waals surface area contributed by atoms with Crippen molar-refractivity contribution in [2.45, 2.75) is 24.3 Å². The van der Waals surface area contributed by atoms with E-state index in [1.54, 1.807) is 6.07 Å². The summed E-state index contributed by atoms with van der Waals surface area (Å²) in [6.45, 7) is 1.39. The normalized spacial score (nSPS) is 17.4. The van der Waals surface area contributed by atoms with Gasteiger partial charge in [0.05, 0.1) is 13.2 Å². The predicted molar refractivity (Wildman–Crippen MR) is 63.5 cm³/mol. The molecule has 1 saturated heterocycles. The van der Waals surface area contributed by atoms with Crippen molar-refractivity contribution in [1.82, 2.24) is 0 Å². The van der Waals surface area contributed by atoms with Crippen LogP contribution in [0.1, 0.15) is 18.4 Å². The van der Waals surface area contributed by atoms with Crippen LogP contribution in [0, 0.1) is 5.82 Å². The number of ether oxygens (including phenoxy) is 2. The van der Waals surface area contributed by atoms with Gasteiger partial charge in [-0.05, 0) is 6.07 Å². The van der Waals surface area contributed by atoms with E-state index in [-0.39, 0.29) is 11.9 Å². The van der Waals surface area contributed by atoms with Crippen molar-refractivity contribution in [1.29, 1.82) is 0 Å². The van der Waals surface area contributed by atoms with Crippen molar-refractivity contribution in [3.8, 4) is 5.75 Å². The van der Waals surface area contributed by atoms with Crippen LogP contribution in [0.25, 0.3) is 0 Å². The highest BCUT2D eigenvalue weighted by molar-refractivity contribution is 9.08. The summed E-state index contributed by atoms with van der Waals surface area (Å²) >= 11 is 3.34. The Labute approximate surface area is 103 Å². The molecule has 0 spiro atoms.